The van der Waals surface area contributed by atoms with Crippen molar-refractivity contribution in [1.82, 2.24) is 5.73 Å². The van der Waals surface area contributed by atoms with Crippen molar-refractivity contribution in [1.29, 1.82) is 0 Å². The van der Waals surface area contributed by atoms with E-state index in [1.165, 1.54) is 0 Å². The summed E-state index contributed by atoms with van der Waals surface area (Å²) in [4.78, 5) is 10.6. The largest absolute Gasteiger partial charge is 0.392 e. The summed E-state index contributed by atoms with van der Waals surface area (Å²) in [5.41, 5.74) is 13.6. The first-order chi connectivity index (χ1) is 6.15. The third-order valence-corrected chi connectivity index (χ3v) is 1.80. The normalized spacial score (nSPS) is 12.5. The molecule has 0 saturated carbocycles. The van der Waals surface area contributed by atoms with Gasteiger partial charge in [-0.2, -0.15) is 0 Å². The average Bonchev–Trinajstić information content (AvgIpc) is 2.17. The third kappa shape index (κ3) is 2.27. The number of aliphatic hydroxyl groups excluding tert-OH is 1. The summed E-state index contributed by atoms with van der Waals surface area (Å²) in [6, 6.07) is 5.76. The second kappa shape index (κ2) is 4.02. The number of hydrogen-bond acceptors (Lipinski definition) is 3. The highest BCUT2D eigenvalue weighted by atomic mass is 16.3. The summed E-state index contributed by atoms with van der Waals surface area (Å²) in [5, 5.41) is 8.74. The summed E-state index contributed by atoms with van der Waals surface area (Å²) in [5.74, 6) is -0.809. The molecule has 0 aromatic heterocycles. The molecule has 4 heteroatoms. The molecule has 1 amide bonds. The van der Waals surface area contributed by atoms with E-state index in [1.807, 2.05) is 0 Å². The number of benzene rings is 1. The number of rotatable bonds is 3. The lowest BCUT2D eigenvalue weighted by atomic mass is 10.1. The van der Waals surface area contributed by atoms with Crippen LogP contribution in [-0.2, 0) is 11.4 Å². The van der Waals surface area contributed by atoms with Gasteiger partial charge in [0.15, 0.2) is 0 Å². The Morgan fingerprint density at radius 3 is 2.38 bits per heavy atom. The molecular weight excluding hydrogens is 168 g/mol. The van der Waals surface area contributed by atoms with E-state index in [-0.39, 0.29) is 6.61 Å². The van der Waals surface area contributed by atoms with E-state index in [0.717, 1.165) is 5.56 Å². The second-order valence-corrected chi connectivity index (χ2v) is 2.74. The molecule has 0 aliphatic rings. The lowest BCUT2D eigenvalue weighted by molar-refractivity contribution is -0.120. The van der Waals surface area contributed by atoms with Crippen LogP contribution in [0.5, 0.6) is 0 Å². The van der Waals surface area contributed by atoms with E-state index in [4.69, 9.17) is 16.6 Å². The van der Waals surface area contributed by atoms with E-state index >= 15 is 0 Å². The first-order valence-electron chi connectivity index (χ1n) is 3.86. The van der Waals surface area contributed by atoms with Crippen LogP contribution in [0.2, 0.25) is 0 Å². The van der Waals surface area contributed by atoms with Gasteiger partial charge in [-0.15, -0.1) is 0 Å². The molecule has 1 unspecified atom stereocenters. The molecule has 0 saturated heterocycles. The molecule has 0 aliphatic carbocycles. The molecule has 13 heavy (non-hydrogen) atoms. The van der Waals surface area contributed by atoms with Crippen molar-refractivity contribution in [2.45, 2.75) is 12.6 Å². The molecule has 0 aliphatic heterocycles. The fourth-order valence-electron chi connectivity index (χ4n) is 0.982. The van der Waals surface area contributed by atoms with Crippen LogP contribution in [0.1, 0.15) is 17.2 Å². The Morgan fingerprint density at radius 2 is 2.00 bits per heavy atom. The van der Waals surface area contributed by atoms with Crippen LogP contribution in [0.4, 0.5) is 0 Å². The van der Waals surface area contributed by atoms with Crippen LogP contribution >= 0.6 is 0 Å². The van der Waals surface area contributed by atoms with Crippen molar-refractivity contribution < 1.29 is 9.90 Å². The van der Waals surface area contributed by atoms with Gasteiger partial charge in [0.25, 0.3) is 5.91 Å². The summed E-state index contributed by atoms with van der Waals surface area (Å²) in [6.45, 7) is -0.0374. The van der Waals surface area contributed by atoms with Crippen LogP contribution < -0.4 is 11.5 Å². The predicted molar refractivity (Wildman–Crippen MR) is 47.4 cm³/mol. The zero-order chi connectivity index (χ0) is 9.84. The van der Waals surface area contributed by atoms with Crippen molar-refractivity contribution in [3.63, 3.8) is 0 Å². The van der Waals surface area contributed by atoms with Gasteiger partial charge >= 0.3 is 0 Å². The molecule has 0 spiro atoms. The molecule has 69 valence electrons. The Bertz CT molecular complexity index is 295. The molecule has 0 bridgehead atoms. The van der Waals surface area contributed by atoms with E-state index in [9.17, 15) is 4.79 Å². The molecule has 1 atom stereocenters. The zero-order valence-corrected chi connectivity index (χ0v) is 7.03. The summed E-state index contributed by atoms with van der Waals surface area (Å²) < 4.78 is 0. The minimum atomic E-state index is -0.882. The molecule has 1 rings (SSSR count). The number of carbonyl (C=O) groups excluding carboxylic acids is 1. The zero-order valence-electron chi connectivity index (χ0n) is 7.03. The molecule has 1 aromatic rings. The Kier molecular flexibility index (Phi) is 3.00. The van der Waals surface area contributed by atoms with Crippen LogP contribution in [0.15, 0.2) is 24.3 Å². The van der Waals surface area contributed by atoms with Crippen molar-refractivity contribution >= 4 is 5.91 Å². The summed E-state index contributed by atoms with van der Waals surface area (Å²) >= 11 is 0. The number of hydrogen-bond donors (Lipinski definition) is 2. The number of nitrogens with one attached hydrogen (secondary N) is 1. The highest BCUT2D eigenvalue weighted by molar-refractivity contribution is 5.80. The fourth-order valence-corrected chi connectivity index (χ4v) is 0.982. The van der Waals surface area contributed by atoms with E-state index in [2.05, 4.69) is 0 Å². The van der Waals surface area contributed by atoms with E-state index in [0.29, 0.717) is 5.56 Å². The fraction of sp³-hybridized carbons (Fsp3) is 0.222. The van der Waals surface area contributed by atoms with Gasteiger partial charge < -0.3 is 10.8 Å². The van der Waals surface area contributed by atoms with Gasteiger partial charge in [0.2, 0.25) is 0 Å². The predicted octanol–water partition coefficient (Wildman–Crippen LogP) is -0.0118. The first kappa shape index (κ1) is 9.70. The number of aliphatic hydroxyl groups is 1. The second-order valence-electron chi connectivity index (χ2n) is 2.74. The Hall–Kier alpha value is -1.39. The van der Waals surface area contributed by atoms with Crippen LogP contribution in [0.25, 0.3) is 0 Å². The Balaban J connectivity index is 2.85. The van der Waals surface area contributed by atoms with Crippen molar-refractivity contribution in [2.75, 3.05) is 0 Å². The van der Waals surface area contributed by atoms with Crippen molar-refractivity contribution in [3.8, 4) is 0 Å². The maximum absolute atomic E-state index is 10.6. The highest BCUT2D eigenvalue weighted by Crippen LogP contribution is 2.11. The van der Waals surface area contributed by atoms with Gasteiger partial charge in [-0.25, -0.2) is 0 Å². The maximum atomic E-state index is 10.6. The number of amides is 1. The lowest BCUT2D eigenvalue weighted by Gasteiger charge is -2.06. The molecule has 1 aromatic carbocycles. The maximum Gasteiger partial charge on any atom is 0.259 e. The average molecular weight is 179 g/mol. The van der Waals surface area contributed by atoms with Gasteiger partial charge in [0.05, 0.1) is 6.61 Å². The minimum Gasteiger partial charge on any atom is -0.392 e. The number of nitrogens with two attached hydrogens (primary N) is 1. The molecule has 1 radical (unpaired) electrons. The van der Waals surface area contributed by atoms with Gasteiger partial charge in [-0.3, -0.25) is 10.5 Å². The van der Waals surface area contributed by atoms with Gasteiger partial charge in [-0.1, -0.05) is 24.3 Å². The van der Waals surface area contributed by atoms with Gasteiger partial charge in [-0.05, 0) is 11.1 Å². The molecular formula is C9H11N2O2. The van der Waals surface area contributed by atoms with E-state index < -0.39 is 11.9 Å². The van der Waals surface area contributed by atoms with Gasteiger partial charge in [0, 0.05) is 0 Å². The lowest BCUT2D eigenvalue weighted by Crippen LogP contribution is -2.21. The molecule has 4 N–H and O–H groups in total. The monoisotopic (exact) mass is 179 g/mol. The quantitative estimate of drug-likeness (QED) is 0.684. The molecule has 0 fully saturated rings. The number of carbonyl (C=O) groups is 1. The standard InChI is InChI=1S/C9H11N2O2/c10-8(9(11)13)7-3-1-6(5-12)2-4-7/h1-4,8,11-12H,5,10H2. The Labute approximate surface area is 76.2 Å². The molecule has 0 heterocycles. The summed E-state index contributed by atoms with van der Waals surface area (Å²) in [7, 11) is 0. The van der Waals surface area contributed by atoms with Crippen molar-refractivity contribution in [3.05, 3.63) is 35.4 Å². The first-order valence-corrected chi connectivity index (χ1v) is 3.86. The van der Waals surface area contributed by atoms with Crippen LogP contribution in [0.3, 0.4) is 0 Å². The van der Waals surface area contributed by atoms with Crippen molar-refractivity contribution in [2.24, 2.45) is 5.73 Å². The van der Waals surface area contributed by atoms with Crippen LogP contribution in [-0.4, -0.2) is 11.0 Å². The third-order valence-electron chi connectivity index (χ3n) is 1.80. The van der Waals surface area contributed by atoms with E-state index in [1.54, 1.807) is 24.3 Å². The van der Waals surface area contributed by atoms with Crippen LogP contribution in [0, 0.1) is 0 Å². The summed E-state index contributed by atoms with van der Waals surface area (Å²) in [6.07, 6.45) is 0. The SMILES string of the molecule is [NH]C(=O)C(N)c1ccc(CO)cc1. The molecule has 4 nitrogen and oxygen atoms in total. The Morgan fingerprint density at radius 1 is 1.46 bits per heavy atom. The topological polar surface area (TPSA) is 87.1 Å². The smallest absolute Gasteiger partial charge is 0.259 e. The van der Waals surface area contributed by atoms with Gasteiger partial charge in [0.1, 0.15) is 6.04 Å². The highest BCUT2D eigenvalue weighted by Gasteiger charge is 2.11. The minimum absolute atomic E-state index is 0.0374.